The molecule has 1 N–H and O–H groups in total. The van der Waals surface area contributed by atoms with Crippen LogP contribution in [0, 0.1) is 0 Å². The van der Waals surface area contributed by atoms with Crippen molar-refractivity contribution in [2.24, 2.45) is 5.10 Å². The maximum absolute atomic E-state index is 12.3. The first-order valence-electron chi connectivity index (χ1n) is 8.50. The number of carbonyl (C=O) groups is 1. The number of hydrazone groups is 1. The summed E-state index contributed by atoms with van der Waals surface area (Å²) in [5, 5.41) is 4.39. The lowest BCUT2D eigenvalue weighted by Crippen LogP contribution is -2.22. The molecule has 136 valence electrons. The molecule has 0 unspecified atom stereocenters. The van der Waals surface area contributed by atoms with Crippen LogP contribution in [0.5, 0.6) is 5.75 Å². The third-order valence-electron chi connectivity index (χ3n) is 3.80. The van der Waals surface area contributed by atoms with Crippen LogP contribution in [-0.4, -0.2) is 24.5 Å². The van der Waals surface area contributed by atoms with E-state index in [4.69, 9.17) is 4.74 Å². The van der Waals surface area contributed by atoms with Crippen LogP contribution in [0.3, 0.4) is 0 Å². The van der Waals surface area contributed by atoms with Crippen molar-refractivity contribution in [2.45, 2.75) is 4.90 Å². The van der Waals surface area contributed by atoms with Crippen LogP contribution in [0.1, 0.15) is 11.1 Å². The van der Waals surface area contributed by atoms with Gasteiger partial charge in [-0.15, -0.1) is 11.8 Å². The van der Waals surface area contributed by atoms with Gasteiger partial charge < -0.3 is 4.74 Å². The number of ether oxygens (including phenoxy) is 1. The Balaban J connectivity index is 1.69. The van der Waals surface area contributed by atoms with E-state index in [1.165, 1.54) is 11.8 Å². The average molecular weight is 376 g/mol. The lowest BCUT2D eigenvalue weighted by Gasteiger charge is -2.08. The second-order valence-corrected chi connectivity index (χ2v) is 6.74. The molecular weight excluding hydrogens is 356 g/mol. The highest BCUT2D eigenvalue weighted by Crippen LogP contribution is 2.22. The summed E-state index contributed by atoms with van der Waals surface area (Å²) in [5.41, 5.74) is 5.30. The zero-order valence-electron chi connectivity index (χ0n) is 15.0. The van der Waals surface area contributed by atoms with E-state index in [1.54, 1.807) is 7.11 Å². The third-order valence-corrected chi connectivity index (χ3v) is 4.79. The molecule has 0 fully saturated rings. The van der Waals surface area contributed by atoms with Crippen molar-refractivity contribution >= 4 is 23.4 Å². The van der Waals surface area contributed by atoms with Gasteiger partial charge in [0.15, 0.2) is 0 Å². The molecule has 0 aliphatic rings. The average Bonchev–Trinajstić information content (AvgIpc) is 2.74. The molecule has 0 heterocycles. The van der Waals surface area contributed by atoms with Crippen molar-refractivity contribution in [1.29, 1.82) is 0 Å². The van der Waals surface area contributed by atoms with E-state index in [1.807, 2.05) is 84.9 Å². The molecule has 0 aliphatic heterocycles. The fraction of sp³-hybridized carbons (Fsp3) is 0.0909. The molecule has 0 atom stereocenters. The minimum Gasteiger partial charge on any atom is -0.497 e. The Bertz CT molecular complexity index is 870. The van der Waals surface area contributed by atoms with Gasteiger partial charge in [-0.3, -0.25) is 4.79 Å². The summed E-state index contributed by atoms with van der Waals surface area (Å²) >= 11 is 1.44. The molecule has 5 heteroatoms. The molecule has 0 spiro atoms. The fourth-order valence-corrected chi connectivity index (χ4v) is 3.21. The highest BCUT2D eigenvalue weighted by Gasteiger charge is 2.08. The van der Waals surface area contributed by atoms with Crippen molar-refractivity contribution in [2.75, 3.05) is 12.9 Å². The van der Waals surface area contributed by atoms with Crippen molar-refractivity contribution in [3.63, 3.8) is 0 Å². The highest BCUT2D eigenvalue weighted by atomic mass is 32.2. The fourth-order valence-electron chi connectivity index (χ4n) is 2.48. The Hall–Kier alpha value is -3.05. The number of carbonyl (C=O) groups excluding carboxylic acids is 1. The molecule has 0 saturated heterocycles. The van der Waals surface area contributed by atoms with Crippen LogP contribution >= 0.6 is 11.8 Å². The minimum atomic E-state index is -0.160. The standard InChI is InChI=1S/C22H20N2O2S/c1-26-19-13-8-14-20(15-19)27-16-21(25)23-24-22(17-9-4-2-5-10-17)18-11-6-3-7-12-18/h2-15H,16H2,1H3,(H,23,25). The van der Waals surface area contributed by atoms with E-state index in [0.717, 1.165) is 27.5 Å². The minimum absolute atomic E-state index is 0.160. The Morgan fingerprint density at radius 3 is 2.15 bits per heavy atom. The number of benzene rings is 3. The quantitative estimate of drug-likeness (QED) is 0.379. The second kappa shape index (κ2) is 9.59. The maximum Gasteiger partial charge on any atom is 0.250 e. The Morgan fingerprint density at radius 2 is 1.56 bits per heavy atom. The molecule has 3 aromatic rings. The molecule has 4 nitrogen and oxygen atoms in total. The van der Waals surface area contributed by atoms with Crippen LogP contribution in [0.25, 0.3) is 0 Å². The first-order valence-corrected chi connectivity index (χ1v) is 9.49. The molecule has 27 heavy (non-hydrogen) atoms. The number of amides is 1. The zero-order chi connectivity index (χ0) is 18.9. The van der Waals surface area contributed by atoms with Gasteiger partial charge in [-0.1, -0.05) is 66.7 Å². The van der Waals surface area contributed by atoms with Crippen molar-refractivity contribution in [3.8, 4) is 5.75 Å². The van der Waals surface area contributed by atoms with Crippen LogP contribution < -0.4 is 10.2 Å². The molecule has 0 radical (unpaired) electrons. The molecule has 1 amide bonds. The van der Waals surface area contributed by atoms with Crippen LogP contribution in [0.15, 0.2) is 94.9 Å². The molecule has 0 bridgehead atoms. The van der Waals surface area contributed by atoms with E-state index in [-0.39, 0.29) is 11.7 Å². The van der Waals surface area contributed by atoms with Crippen molar-refractivity contribution in [1.82, 2.24) is 5.43 Å². The van der Waals surface area contributed by atoms with E-state index >= 15 is 0 Å². The van der Waals surface area contributed by atoms with E-state index < -0.39 is 0 Å². The molecular formula is C22H20N2O2S. The van der Waals surface area contributed by atoms with Gasteiger partial charge in [-0.25, -0.2) is 5.43 Å². The van der Waals surface area contributed by atoms with Gasteiger partial charge in [0, 0.05) is 16.0 Å². The van der Waals surface area contributed by atoms with Gasteiger partial charge in [-0.05, 0) is 18.2 Å². The van der Waals surface area contributed by atoms with E-state index in [9.17, 15) is 4.79 Å². The summed E-state index contributed by atoms with van der Waals surface area (Å²) in [7, 11) is 1.62. The number of nitrogens with one attached hydrogen (secondary N) is 1. The molecule has 0 aliphatic carbocycles. The van der Waals surface area contributed by atoms with Gasteiger partial charge in [0.25, 0.3) is 0 Å². The Morgan fingerprint density at radius 1 is 0.926 bits per heavy atom. The topological polar surface area (TPSA) is 50.7 Å². The Kier molecular flexibility index (Phi) is 6.66. The van der Waals surface area contributed by atoms with E-state index in [0.29, 0.717) is 0 Å². The summed E-state index contributed by atoms with van der Waals surface area (Å²) in [4.78, 5) is 13.2. The normalized spacial score (nSPS) is 10.1. The maximum atomic E-state index is 12.3. The van der Waals surface area contributed by atoms with E-state index in [2.05, 4.69) is 10.5 Å². The summed E-state index contributed by atoms with van der Waals surface area (Å²) in [5.74, 6) is 0.883. The van der Waals surface area contributed by atoms with Gasteiger partial charge in [0.2, 0.25) is 5.91 Å². The third kappa shape index (κ3) is 5.46. The lowest BCUT2D eigenvalue weighted by molar-refractivity contribution is -0.118. The summed E-state index contributed by atoms with van der Waals surface area (Å²) < 4.78 is 5.20. The highest BCUT2D eigenvalue weighted by molar-refractivity contribution is 8.00. The van der Waals surface area contributed by atoms with Crippen molar-refractivity contribution < 1.29 is 9.53 Å². The molecule has 3 aromatic carbocycles. The van der Waals surface area contributed by atoms with Gasteiger partial charge >= 0.3 is 0 Å². The smallest absolute Gasteiger partial charge is 0.250 e. The van der Waals surface area contributed by atoms with Gasteiger partial charge in [0.1, 0.15) is 5.75 Å². The number of thioether (sulfide) groups is 1. The summed E-state index contributed by atoms with van der Waals surface area (Å²) in [6.45, 7) is 0. The molecule has 3 rings (SSSR count). The SMILES string of the molecule is COc1cccc(SCC(=O)NN=C(c2ccccc2)c2ccccc2)c1. The lowest BCUT2D eigenvalue weighted by atomic mass is 10.0. The van der Waals surface area contributed by atoms with Crippen LogP contribution in [0.4, 0.5) is 0 Å². The van der Waals surface area contributed by atoms with Crippen LogP contribution in [0.2, 0.25) is 0 Å². The number of nitrogens with zero attached hydrogens (tertiary/aromatic N) is 1. The number of methoxy groups -OCH3 is 1. The number of rotatable bonds is 7. The summed E-state index contributed by atoms with van der Waals surface area (Å²) in [6.07, 6.45) is 0. The first kappa shape index (κ1) is 18.7. The number of hydrogen-bond donors (Lipinski definition) is 1. The van der Waals surface area contributed by atoms with Gasteiger partial charge in [0.05, 0.1) is 18.6 Å². The largest absolute Gasteiger partial charge is 0.497 e. The Labute approximate surface area is 163 Å². The molecule has 0 saturated carbocycles. The number of hydrogen-bond acceptors (Lipinski definition) is 4. The van der Waals surface area contributed by atoms with Gasteiger partial charge in [-0.2, -0.15) is 5.10 Å². The predicted octanol–water partition coefficient (Wildman–Crippen LogP) is 4.36. The monoisotopic (exact) mass is 376 g/mol. The first-order chi connectivity index (χ1) is 13.3. The molecule has 0 aromatic heterocycles. The summed E-state index contributed by atoms with van der Waals surface area (Å²) in [6, 6.07) is 27.2. The second-order valence-electron chi connectivity index (χ2n) is 5.70. The predicted molar refractivity (Wildman–Crippen MR) is 110 cm³/mol. The zero-order valence-corrected chi connectivity index (χ0v) is 15.8. The van der Waals surface area contributed by atoms with Crippen molar-refractivity contribution in [3.05, 3.63) is 96.1 Å². The van der Waals surface area contributed by atoms with Crippen LogP contribution in [-0.2, 0) is 4.79 Å².